The van der Waals surface area contributed by atoms with E-state index >= 15 is 0 Å². The molecule has 0 radical (unpaired) electrons. The lowest BCUT2D eigenvalue weighted by atomic mass is 9.80. The highest BCUT2D eigenvalue weighted by Gasteiger charge is 2.20. The summed E-state index contributed by atoms with van der Waals surface area (Å²) in [6.45, 7) is 7.53. The highest BCUT2D eigenvalue weighted by Crippen LogP contribution is 2.32. The van der Waals surface area contributed by atoms with Crippen LogP contribution in [0, 0.1) is 5.92 Å². The first-order valence-electron chi connectivity index (χ1n) is 4.98. The minimum absolute atomic E-state index is 0.256. The lowest BCUT2D eigenvalue weighted by Gasteiger charge is -2.24. The molecule has 1 unspecified atom stereocenters. The van der Waals surface area contributed by atoms with Crippen LogP contribution in [0.25, 0.3) is 0 Å². The van der Waals surface area contributed by atoms with E-state index < -0.39 is 0 Å². The second-order valence-corrected chi connectivity index (χ2v) is 3.83. The van der Waals surface area contributed by atoms with E-state index in [0.29, 0.717) is 5.92 Å². The molecule has 1 aliphatic carbocycles. The summed E-state index contributed by atoms with van der Waals surface area (Å²) in [6, 6.07) is 0. The Bertz CT molecular complexity index is 248. The lowest BCUT2D eigenvalue weighted by molar-refractivity contribution is -0.113. The van der Waals surface area contributed by atoms with Gasteiger partial charge in [0.2, 0.25) is 0 Å². The first-order chi connectivity index (χ1) is 6.16. The maximum absolute atomic E-state index is 11.3. The van der Waals surface area contributed by atoms with Crippen LogP contribution in [0.5, 0.6) is 0 Å². The number of rotatable bonds is 3. The van der Waals surface area contributed by atoms with Crippen molar-refractivity contribution in [3.63, 3.8) is 0 Å². The number of hydrogen-bond donors (Lipinski definition) is 0. The highest BCUT2D eigenvalue weighted by atomic mass is 16.1. The molecule has 0 saturated carbocycles. The Labute approximate surface area is 80.5 Å². The molecule has 1 nitrogen and oxygen atoms in total. The van der Waals surface area contributed by atoms with Crippen LogP contribution in [-0.2, 0) is 4.79 Å². The van der Waals surface area contributed by atoms with Crippen molar-refractivity contribution in [3.05, 3.63) is 23.8 Å². The fourth-order valence-corrected chi connectivity index (χ4v) is 2.13. The Morgan fingerprint density at radius 2 is 2.38 bits per heavy atom. The van der Waals surface area contributed by atoms with Gasteiger partial charge in [0.05, 0.1) is 0 Å². The molecule has 72 valence electrons. The van der Waals surface area contributed by atoms with E-state index in [-0.39, 0.29) is 5.78 Å². The molecule has 0 aliphatic heterocycles. The van der Waals surface area contributed by atoms with Crippen LogP contribution in [0.15, 0.2) is 23.8 Å². The molecule has 13 heavy (non-hydrogen) atoms. The smallest absolute Gasteiger partial charge is 0.155 e. The summed E-state index contributed by atoms with van der Waals surface area (Å²) in [6.07, 6.45) is 6.33. The second kappa shape index (κ2) is 4.40. The molecule has 0 aromatic heterocycles. The molecule has 0 amide bonds. The predicted molar refractivity (Wildman–Crippen MR) is 55.5 cm³/mol. The maximum Gasteiger partial charge on any atom is 0.155 e. The first-order valence-corrected chi connectivity index (χ1v) is 4.98. The number of Topliss-reactive ketones (excluding diaryl/α,β-unsaturated/α-hetero) is 1. The molecule has 0 bridgehead atoms. The standard InChI is InChI=1S/C12H18O/c1-4-6-11-7-5-8-12(9(11)2)10(3)13/h4,11H,1,5-8H2,2-3H3. The topological polar surface area (TPSA) is 17.1 Å². The van der Waals surface area contributed by atoms with Crippen LogP contribution in [-0.4, -0.2) is 5.78 Å². The minimum Gasteiger partial charge on any atom is -0.295 e. The summed E-state index contributed by atoms with van der Waals surface area (Å²) in [5, 5.41) is 0. The molecular weight excluding hydrogens is 160 g/mol. The summed E-state index contributed by atoms with van der Waals surface area (Å²) in [7, 11) is 0. The van der Waals surface area contributed by atoms with Gasteiger partial charge >= 0.3 is 0 Å². The number of ketones is 1. The Hall–Kier alpha value is -0.850. The average molecular weight is 178 g/mol. The van der Waals surface area contributed by atoms with Gasteiger partial charge in [0.1, 0.15) is 0 Å². The number of carbonyl (C=O) groups is 1. The Morgan fingerprint density at radius 1 is 1.69 bits per heavy atom. The van der Waals surface area contributed by atoms with Crippen molar-refractivity contribution < 1.29 is 4.79 Å². The number of carbonyl (C=O) groups excluding carboxylic acids is 1. The van der Waals surface area contributed by atoms with E-state index in [4.69, 9.17) is 0 Å². The van der Waals surface area contributed by atoms with Crippen molar-refractivity contribution >= 4 is 5.78 Å². The van der Waals surface area contributed by atoms with E-state index in [9.17, 15) is 4.79 Å². The third-order valence-electron chi connectivity index (χ3n) is 2.94. The largest absolute Gasteiger partial charge is 0.295 e. The third-order valence-corrected chi connectivity index (χ3v) is 2.94. The molecule has 1 heteroatoms. The fraction of sp³-hybridized carbons (Fsp3) is 0.583. The van der Waals surface area contributed by atoms with Gasteiger partial charge in [-0.05, 0) is 51.0 Å². The molecule has 1 rings (SSSR count). The van der Waals surface area contributed by atoms with Gasteiger partial charge in [-0.15, -0.1) is 6.58 Å². The quantitative estimate of drug-likeness (QED) is 0.606. The van der Waals surface area contributed by atoms with Gasteiger partial charge in [-0.2, -0.15) is 0 Å². The van der Waals surface area contributed by atoms with E-state index in [1.165, 1.54) is 12.0 Å². The van der Waals surface area contributed by atoms with Gasteiger partial charge in [-0.1, -0.05) is 11.6 Å². The van der Waals surface area contributed by atoms with E-state index in [1.807, 2.05) is 6.08 Å². The Morgan fingerprint density at radius 3 is 2.92 bits per heavy atom. The van der Waals surface area contributed by atoms with Crippen LogP contribution < -0.4 is 0 Å². The van der Waals surface area contributed by atoms with Gasteiger partial charge < -0.3 is 0 Å². The van der Waals surface area contributed by atoms with Crippen molar-refractivity contribution in [3.8, 4) is 0 Å². The Balaban J connectivity index is 2.84. The molecule has 1 aliphatic rings. The molecule has 0 aromatic rings. The zero-order valence-corrected chi connectivity index (χ0v) is 8.60. The Kier molecular flexibility index (Phi) is 3.47. The molecule has 0 N–H and O–H groups in total. The molecule has 0 heterocycles. The van der Waals surface area contributed by atoms with E-state index in [1.54, 1.807) is 6.92 Å². The molecule has 0 fully saturated rings. The first kappa shape index (κ1) is 10.2. The van der Waals surface area contributed by atoms with Gasteiger partial charge in [-0.3, -0.25) is 4.79 Å². The fourth-order valence-electron chi connectivity index (χ4n) is 2.13. The zero-order valence-electron chi connectivity index (χ0n) is 8.60. The number of hydrogen-bond acceptors (Lipinski definition) is 1. The zero-order chi connectivity index (χ0) is 9.84. The van der Waals surface area contributed by atoms with Gasteiger partial charge in [0.15, 0.2) is 5.78 Å². The normalized spacial score (nSPS) is 23.1. The molecule has 1 atom stereocenters. The molecule has 0 saturated heterocycles. The van der Waals surface area contributed by atoms with Gasteiger partial charge in [-0.25, -0.2) is 0 Å². The summed E-state index contributed by atoms with van der Waals surface area (Å²) in [5.74, 6) is 0.830. The monoisotopic (exact) mass is 178 g/mol. The minimum atomic E-state index is 0.256. The van der Waals surface area contributed by atoms with Crippen LogP contribution in [0.2, 0.25) is 0 Å². The van der Waals surface area contributed by atoms with E-state index in [0.717, 1.165) is 24.8 Å². The van der Waals surface area contributed by atoms with Crippen molar-refractivity contribution in [2.75, 3.05) is 0 Å². The summed E-state index contributed by atoms with van der Waals surface area (Å²) >= 11 is 0. The van der Waals surface area contributed by atoms with Crippen molar-refractivity contribution in [2.45, 2.75) is 39.5 Å². The molecule has 0 aromatic carbocycles. The van der Waals surface area contributed by atoms with Crippen molar-refractivity contribution in [1.82, 2.24) is 0 Å². The van der Waals surface area contributed by atoms with Crippen molar-refractivity contribution in [2.24, 2.45) is 5.92 Å². The SMILES string of the molecule is C=CCC1CCCC(C(C)=O)=C1C. The predicted octanol–water partition coefficient (Wildman–Crippen LogP) is 3.27. The van der Waals surface area contributed by atoms with Crippen LogP contribution >= 0.6 is 0 Å². The third kappa shape index (κ3) is 2.30. The average Bonchev–Trinajstić information content (AvgIpc) is 2.08. The summed E-state index contributed by atoms with van der Waals surface area (Å²) in [5.41, 5.74) is 2.37. The summed E-state index contributed by atoms with van der Waals surface area (Å²) < 4.78 is 0. The molecular formula is C12H18O. The van der Waals surface area contributed by atoms with Gasteiger partial charge in [0, 0.05) is 0 Å². The van der Waals surface area contributed by atoms with Gasteiger partial charge in [0.25, 0.3) is 0 Å². The molecule has 0 spiro atoms. The van der Waals surface area contributed by atoms with E-state index in [2.05, 4.69) is 13.5 Å². The summed E-state index contributed by atoms with van der Waals surface area (Å²) in [4.78, 5) is 11.3. The highest BCUT2D eigenvalue weighted by molar-refractivity contribution is 5.94. The van der Waals surface area contributed by atoms with Crippen LogP contribution in [0.4, 0.5) is 0 Å². The number of allylic oxidation sites excluding steroid dienone is 3. The van der Waals surface area contributed by atoms with Crippen LogP contribution in [0.1, 0.15) is 39.5 Å². The second-order valence-electron chi connectivity index (χ2n) is 3.83. The van der Waals surface area contributed by atoms with Crippen molar-refractivity contribution in [1.29, 1.82) is 0 Å². The maximum atomic E-state index is 11.3. The lowest BCUT2D eigenvalue weighted by Crippen LogP contribution is -2.13. The van der Waals surface area contributed by atoms with Crippen LogP contribution in [0.3, 0.4) is 0 Å².